The lowest BCUT2D eigenvalue weighted by molar-refractivity contribution is -0.270. The fourth-order valence-corrected chi connectivity index (χ4v) is 12.5. The highest BCUT2D eigenvalue weighted by Gasteiger charge is 2.48. The molecule has 0 aromatic rings. The zero-order valence-electron chi connectivity index (χ0n) is 62.5. The molecule has 3 rings (SSSR count). The molecule has 18 N–H and O–H groups in total. The number of phosphoric ester groups is 1. The molecule has 0 spiro atoms. The molecule has 107 heavy (non-hydrogen) atoms. The monoisotopic (exact) mass is 1560 g/mol. The van der Waals surface area contributed by atoms with Crippen molar-refractivity contribution < 1.29 is 145 Å². The topological polar surface area (TPSA) is 554 Å². The van der Waals surface area contributed by atoms with Gasteiger partial charge in [0.15, 0.2) is 18.9 Å². The van der Waals surface area contributed by atoms with E-state index in [-0.39, 0.29) is 135 Å². The second-order valence-electron chi connectivity index (χ2n) is 26.8. The number of ether oxygens (including phenoxy) is 9. The van der Waals surface area contributed by atoms with Crippen molar-refractivity contribution >= 4 is 55.1 Å². The molecular formula is C68H125N8O30P. The van der Waals surface area contributed by atoms with Crippen molar-refractivity contribution in [3.63, 3.8) is 0 Å². The van der Waals surface area contributed by atoms with Gasteiger partial charge in [-0.2, -0.15) is 0 Å². The SMILES string of the molecule is CCOP(=O)(O)OCCCCCCNC(=O)CCCC(=O)NC(COCCC(=O)NCCCCCCO[C@@H]1OC(CO)[C@H](O)[C@H](O)C1NC(C)=O)(COCCC(=O)NCCCCCCO[C@@H]1OC(CO)[C@H](O)[C@H](O)C1NC(C)=O)COCCC(=O)NCCCCCCO[C@@H]1OC(CO)[C@H](O)[C@H](O)C1NC(C)=O. The molecule has 3 aliphatic heterocycles. The molecule has 7 unspecified atom stereocenters. The van der Waals surface area contributed by atoms with Crippen molar-refractivity contribution in [1.29, 1.82) is 0 Å². The number of rotatable bonds is 60. The second kappa shape index (κ2) is 55.5. The van der Waals surface area contributed by atoms with E-state index < -0.39 is 149 Å². The van der Waals surface area contributed by atoms with Crippen LogP contribution < -0.4 is 42.5 Å². The Kier molecular flexibility index (Phi) is 50.0. The standard InChI is InChI=1S/C68H125N8O30P/c1-5-102-107(94,95)103-35-21-13-9-17-28-69-51(83)23-22-24-55(87)76-68(42-96-36-25-52(84)70-29-14-6-10-18-32-99-65-56(73-45(2)80)62(91)59(88)48(39-77)104-65,43-97-37-26-53(85)71-30-15-7-11-19-33-100-66-57(74-46(3)81)63(92)60(89)49(40-78)105-66)44-98-38-27-54(86)72-31-16-8-12-20-34-101-67-58(75-47(4)82)64(93)61(90)50(41-79)106-67/h48-50,56-67,77-79,88-93H,5-44H2,1-4H3,(H,69,83)(H,70,84)(H,71,85)(H,72,86)(H,73,80)(H,74,81)(H,75,82)(H,76,87)(H,94,95)/t48?,49?,50?,56?,57?,58?,59-,60-,61-,62+,63+,64+,65+,66+,67+,68?/m0/s1. The third-order valence-electron chi connectivity index (χ3n) is 17.5. The van der Waals surface area contributed by atoms with Gasteiger partial charge in [0.2, 0.25) is 47.3 Å². The number of carbonyl (C=O) groups excluding carboxylic acids is 8. The van der Waals surface area contributed by atoms with Gasteiger partial charge in [-0.15, -0.1) is 0 Å². The van der Waals surface area contributed by atoms with Crippen molar-refractivity contribution in [2.45, 2.75) is 266 Å². The van der Waals surface area contributed by atoms with Crippen LogP contribution in [0.15, 0.2) is 0 Å². The third kappa shape index (κ3) is 40.3. The first kappa shape index (κ1) is 96.3. The van der Waals surface area contributed by atoms with Gasteiger partial charge in [0.25, 0.3) is 0 Å². The summed E-state index contributed by atoms with van der Waals surface area (Å²) in [5, 5.41) is 113. The van der Waals surface area contributed by atoms with Crippen molar-refractivity contribution in [3.8, 4) is 0 Å². The van der Waals surface area contributed by atoms with E-state index >= 15 is 0 Å². The first-order valence-electron chi connectivity index (χ1n) is 37.5. The first-order chi connectivity index (χ1) is 51.2. The largest absolute Gasteiger partial charge is 0.472 e. The molecule has 0 aromatic carbocycles. The van der Waals surface area contributed by atoms with E-state index in [1.54, 1.807) is 6.92 Å². The Labute approximate surface area is 626 Å². The molecule has 3 fully saturated rings. The molecule has 16 atom stereocenters. The van der Waals surface area contributed by atoms with E-state index in [0.717, 1.165) is 0 Å². The average molecular weight is 1570 g/mol. The lowest BCUT2D eigenvalue weighted by atomic mass is 9.97. The van der Waals surface area contributed by atoms with Gasteiger partial charge in [0.1, 0.15) is 78.6 Å². The zero-order chi connectivity index (χ0) is 79.0. The number of nitrogens with one attached hydrogen (secondary N) is 8. The third-order valence-corrected chi connectivity index (χ3v) is 18.6. The molecule has 38 nitrogen and oxygen atoms in total. The van der Waals surface area contributed by atoms with Crippen molar-refractivity contribution in [3.05, 3.63) is 0 Å². The van der Waals surface area contributed by atoms with Crippen molar-refractivity contribution in [2.75, 3.05) is 119 Å². The lowest BCUT2D eigenvalue weighted by Crippen LogP contribution is -2.64. The van der Waals surface area contributed by atoms with Crippen LogP contribution in [0, 0.1) is 0 Å². The summed E-state index contributed by atoms with van der Waals surface area (Å²) in [6.07, 6.45) is -5.54. The maximum Gasteiger partial charge on any atom is 0.472 e. The van der Waals surface area contributed by atoms with Crippen molar-refractivity contribution in [1.82, 2.24) is 42.5 Å². The number of hydrogen-bond donors (Lipinski definition) is 18. The zero-order valence-corrected chi connectivity index (χ0v) is 63.4. The normalized spacial score (nSPS) is 25.5. The summed E-state index contributed by atoms with van der Waals surface area (Å²) >= 11 is 0. The molecule has 0 saturated carbocycles. The highest BCUT2D eigenvalue weighted by atomic mass is 31.2. The minimum Gasteiger partial charge on any atom is -0.394 e. The van der Waals surface area contributed by atoms with Gasteiger partial charge >= 0.3 is 7.82 Å². The number of aliphatic hydroxyl groups is 9. The van der Waals surface area contributed by atoms with E-state index in [2.05, 4.69) is 47.1 Å². The van der Waals surface area contributed by atoms with Crippen LogP contribution in [0.25, 0.3) is 0 Å². The molecule has 0 aliphatic carbocycles. The fourth-order valence-electron chi connectivity index (χ4n) is 11.7. The molecule has 0 aromatic heterocycles. The molecule has 0 radical (unpaired) electrons. The minimum absolute atomic E-state index is 0.00358. The maximum absolute atomic E-state index is 13.9. The quantitative estimate of drug-likeness (QED) is 0.0213. The smallest absolute Gasteiger partial charge is 0.394 e. The van der Waals surface area contributed by atoms with Crippen LogP contribution in [0.2, 0.25) is 0 Å². The van der Waals surface area contributed by atoms with E-state index in [1.807, 2.05) is 0 Å². The van der Waals surface area contributed by atoms with E-state index in [1.165, 1.54) is 20.8 Å². The lowest BCUT2D eigenvalue weighted by Gasteiger charge is -2.42. The average Bonchev–Trinajstić information content (AvgIpc) is 0.833. The van der Waals surface area contributed by atoms with Crippen LogP contribution in [0.1, 0.15) is 169 Å². The second-order valence-corrected chi connectivity index (χ2v) is 28.2. The number of amides is 8. The fraction of sp³-hybridized carbons (Fsp3) is 0.882. The summed E-state index contributed by atoms with van der Waals surface area (Å²) in [4.78, 5) is 111. The van der Waals surface area contributed by atoms with Gasteiger partial charge in [-0.25, -0.2) is 4.57 Å². The van der Waals surface area contributed by atoms with Gasteiger partial charge in [-0.1, -0.05) is 51.4 Å². The summed E-state index contributed by atoms with van der Waals surface area (Å²) in [5.41, 5.74) is -1.47. The Hall–Kier alpha value is -4.85. The van der Waals surface area contributed by atoms with Gasteiger partial charge in [0, 0.05) is 98.9 Å². The molecule has 8 amide bonds. The Balaban J connectivity index is 1.61. The van der Waals surface area contributed by atoms with Crippen LogP contribution in [0.4, 0.5) is 0 Å². The van der Waals surface area contributed by atoms with Crippen LogP contribution in [-0.4, -0.2) is 314 Å². The number of phosphoric acid groups is 1. The first-order valence-corrected chi connectivity index (χ1v) is 39.0. The summed E-state index contributed by atoms with van der Waals surface area (Å²) < 4.78 is 73.8. The van der Waals surface area contributed by atoms with Gasteiger partial charge < -0.3 is 136 Å². The van der Waals surface area contributed by atoms with Gasteiger partial charge in [-0.05, 0) is 64.7 Å². The maximum atomic E-state index is 13.9. The van der Waals surface area contributed by atoms with Crippen molar-refractivity contribution in [2.24, 2.45) is 0 Å². The Bertz CT molecular complexity index is 2370. The molecular weight excluding hydrogens is 1440 g/mol. The summed E-state index contributed by atoms with van der Waals surface area (Å²) in [5.74, 6) is -3.22. The van der Waals surface area contributed by atoms with Crippen LogP contribution in [0.5, 0.6) is 0 Å². The minimum atomic E-state index is -4.08. The molecule has 3 saturated heterocycles. The molecule has 3 heterocycles. The number of aliphatic hydroxyl groups excluding tert-OH is 9. The predicted octanol–water partition coefficient (Wildman–Crippen LogP) is -3.03. The van der Waals surface area contributed by atoms with Crippen LogP contribution >= 0.6 is 7.82 Å². The number of hydrogen-bond acceptors (Lipinski definition) is 29. The summed E-state index contributed by atoms with van der Waals surface area (Å²) in [6, 6.07) is -3.20. The van der Waals surface area contributed by atoms with E-state index in [4.69, 9.17) is 47.2 Å². The Morgan fingerprint density at radius 3 is 0.963 bits per heavy atom. The number of carbonyl (C=O) groups is 8. The van der Waals surface area contributed by atoms with E-state index in [0.29, 0.717) is 129 Å². The number of unbranched alkanes of at least 4 members (excludes halogenated alkanes) is 12. The highest BCUT2D eigenvalue weighted by Crippen LogP contribution is 2.43. The molecule has 39 heteroatoms. The van der Waals surface area contributed by atoms with Gasteiger partial charge in [0.05, 0.1) is 72.7 Å². The van der Waals surface area contributed by atoms with E-state index in [9.17, 15) is 93.8 Å². The Morgan fingerprint density at radius 1 is 0.374 bits per heavy atom. The Morgan fingerprint density at radius 2 is 0.664 bits per heavy atom. The predicted molar refractivity (Wildman–Crippen MR) is 378 cm³/mol. The van der Waals surface area contributed by atoms with Crippen LogP contribution in [-0.2, 0) is 94.6 Å². The molecule has 0 bridgehead atoms. The molecule has 3 aliphatic rings. The highest BCUT2D eigenvalue weighted by molar-refractivity contribution is 7.47. The molecule has 622 valence electrons. The van der Waals surface area contributed by atoms with Crippen LogP contribution in [0.3, 0.4) is 0 Å². The van der Waals surface area contributed by atoms with Gasteiger partial charge in [-0.3, -0.25) is 47.4 Å². The summed E-state index contributed by atoms with van der Waals surface area (Å²) in [7, 11) is -4.08. The summed E-state index contributed by atoms with van der Waals surface area (Å²) in [6.45, 7) is 4.33.